The number of ether oxygens (including phenoxy) is 1. The highest BCUT2D eigenvalue weighted by Crippen LogP contribution is 2.25. The minimum atomic E-state index is -1.32. The van der Waals surface area contributed by atoms with Gasteiger partial charge in [-0.1, -0.05) is 41.4 Å². The first-order chi connectivity index (χ1) is 19.9. The van der Waals surface area contributed by atoms with Crippen LogP contribution in [-0.2, 0) is 23.0 Å². The Balaban J connectivity index is 1.65. The molecule has 4 rings (SSSR count). The van der Waals surface area contributed by atoms with Crippen molar-refractivity contribution in [2.75, 3.05) is 32.2 Å². The maximum atomic E-state index is 14.9. The second-order valence-electron chi connectivity index (χ2n) is 9.55. The number of likely N-dealkylation sites (N-methyl/N-ethyl adjacent to an activating group) is 1. The molecular weight excluding hydrogens is 590 g/mol. The molecule has 1 amide bonds. The molecule has 4 aromatic rings. The largest absolute Gasteiger partial charge is 0.480 e. The lowest BCUT2D eigenvalue weighted by Crippen LogP contribution is -2.42. The number of hydrogen-bond donors (Lipinski definition) is 2. The number of aromatic nitrogens is 2. The number of anilines is 1. The lowest BCUT2D eigenvalue weighted by Gasteiger charge is -2.20. The zero-order valence-electron chi connectivity index (χ0n) is 22.9. The molecule has 1 atom stereocenters. The normalized spacial score (nSPS) is 11.9. The second kappa shape index (κ2) is 12.8. The maximum Gasteiger partial charge on any atom is 0.335 e. The summed E-state index contributed by atoms with van der Waals surface area (Å²) in [6.45, 7) is 0.724. The Hall–Kier alpha value is -4.19. The first-order valence-electron chi connectivity index (χ1n) is 12.7. The van der Waals surface area contributed by atoms with E-state index in [1.165, 1.54) is 49.1 Å². The highest BCUT2D eigenvalue weighted by molar-refractivity contribution is 6.39. The van der Waals surface area contributed by atoms with E-state index in [2.05, 4.69) is 5.32 Å². The lowest BCUT2D eigenvalue weighted by molar-refractivity contribution is -0.139. The Morgan fingerprint density at radius 1 is 1.10 bits per heavy atom. The van der Waals surface area contributed by atoms with Gasteiger partial charge in [0, 0.05) is 40.2 Å². The summed E-state index contributed by atoms with van der Waals surface area (Å²) in [5.41, 5.74) is -0.325. The average molecular weight is 617 g/mol. The van der Waals surface area contributed by atoms with Crippen molar-refractivity contribution in [2.24, 2.45) is 7.05 Å². The predicted molar refractivity (Wildman–Crippen MR) is 159 cm³/mol. The van der Waals surface area contributed by atoms with Crippen molar-refractivity contribution >= 4 is 51.7 Å². The molecule has 10 nitrogen and oxygen atoms in total. The van der Waals surface area contributed by atoms with Crippen LogP contribution in [0, 0.1) is 5.82 Å². The molecule has 0 aliphatic heterocycles. The summed E-state index contributed by atoms with van der Waals surface area (Å²) in [4.78, 5) is 52.9. The number of amides is 1. The van der Waals surface area contributed by atoms with Crippen molar-refractivity contribution in [1.82, 2.24) is 14.5 Å². The van der Waals surface area contributed by atoms with E-state index in [1.807, 2.05) is 0 Å². The molecule has 0 aliphatic rings. The van der Waals surface area contributed by atoms with Crippen molar-refractivity contribution in [2.45, 2.75) is 12.5 Å². The Kier molecular flexibility index (Phi) is 9.35. The van der Waals surface area contributed by atoms with Gasteiger partial charge in [-0.25, -0.2) is 18.5 Å². The van der Waals surface area contributed by atoms with E-state index in [0.717, 1.165) is 10.6 Å². The fraction of sp³-hybridized carbons (Fsp3) is 0.241. The number of rotatable bonds is 10. The Labute approximate surface area is 249 Å². The molecule has 0 bridgehead atoms. The molecule has 42 heavy (non-hydrogen) atoms. The number of aliphatic carboxylic acids is 1. The number of benzene rings is 3. The van der Waals surface area contributed by atoms with Crippen LogP contribution in [0.25, 0.3) is 16.6 Å². The third kappa shape index (κ3) is 6.18. The van der Waals surface area contributed by atoms with E-state index in [0.29, 0.717) is 18.7 Å². The van der Waals surface area contributed by atoms with Crippen LogP contribution in [0.1, 0.15) is 15.9 Å². The second-order valence-corrected chi connectivity index (χ2v) is 10.4. The van der Waals surface area contributed by atoms with E-state index in [4.69, 9.17) is 27.9 Å². The molecule has 1 aromatic heterocycles. The number of hydrogen-bond acceptors (Lipinski definition) is 6. The van der Waals surface area contributed by atoms with Crippen molar-refractivity contribution in [3.8, 4) is 5.69 Å². The molecule has 13 heteroatoms. The number of fused-ring (bicyclic) bond motifs is 1. The predicted octanol–water partition coefficient (Wildman–Crippen LogP) is 3.64. The van der Waals surface area contributed by atoms with Crippen LogP contribution < -0.4 is 21.5 Å². The first kappa shape index (κ1) is 30.8. The van der Waals surface area contributed by atoms with Gasteiger partial charge < -0.3 is 20.1 Å². The van der Waals surface area contributed by atoms with Crippen LogP contribution in [0.5, 0.6) is 0 Å². The van der Waals surface area contributed by atoms with E-state index in [9.17, 15) is 28.7 Å². The molecule has 1 heterocycles. The fourth-order valence-corrected chi connectivity index (χ4v) is 5.06. The molecule has 2 N–H and O–H groups in total. The van der Waals surface area contributed by atoms with Gasteiger partial charge in [-0.2, -0.15) is 0 Å². The number of carbonyl (C=O) groups is 2. The van der Waals surface area contributed by atoms with E-state index >= 15 is 0 Å². The SMILES string of the molecule is COCCN(C)c1cc2c(=O)n(-c3ccc(C[C@H](NC(=O)c4c(Cl)cccc4Cl)C(=O)O)cc3)c(=O)n(C)c2cc1F. The van der Waals surface area contributed by atoms with E-state index in [1.54, 1.807) is 30.1 Å². The molecular formula is C29H27Cl2FN4O6. The van der Waals surface area contributed by atoms with E-state index < -0.39 is 35.0 Å². The standard InChI is InChI=1S/C29H27Cl2FN4O6/c1-34(11-12-42-3)24-14-18-23(15-21(24)32)35(2)29(41)36(27(18)38)17-9-7-16(8-10-17)13-22(28(39)40)33-26(37)25-19(30)5-4-6-20(25)31/h4-10,14-15,22H,11-13H2,1-3H3,(H,33,37)(H,39,40)/t22-/m0/s1. The van der Waals surface area contributed by atoms with Gasteiger partial charge in [0.2, 0.25) is 0 Å². The molecule has 0 saturated carbocycles. The molecule has 0 unspecified atom stereocenters. The molecule has 0 aliphatic carbocycles. The van der Waals surface area contributed by atoms with Gasteiger partial charge in [-0.05, 0) is 35.9 Å². The lowest BCUT2D eigenvalue weighted by atomic mass is 10.0. The minimum Gasteiger partial charge on any atom is -0.480 e. The van der Waals surface area contributed by atoms with Crippen molar-refractivity contribution in [1.29, 1.82) is 0 Å². The summed E-state index contributed by atoms with van der Waals surface area (Å²) in [5.74, 6) is -2.62. The summed E-state index contributed by atoms with van der Waals surface area (Å²) in [6.07, 6.45) is -0.107. The third-order valence-electron chi connectivity index (χ3n) is 6.81. The Morgan fingerprint density at radius 3 is 2.33 bits per heavy atom. The molecule has 0 saturated heterocycles. The quantitative estimate of drug-likeness (QED) is 0.279. The van der Waals surface area contributed by atoms with Gasteiger partial charge >= 0.3 is 11.7 Å². The summed E-state index contributed by atoms with van der Waals surface area (Å²) >= 11 is 12.1. The van der Waals surface area contributed by atoms with Gasteiger partial charge in [-0.15, -0.1) is 0 Å². The van der Waals surface area contributed by atoms with Crippen LogP contribution in [0.4, 0.5) is 10.1 Å². The van der Waals surface area contributed by atoms with Crippen molar-refractivity contribution in [3.05, 3.63) is 102 Å². The highest BCUT2D eigenvalue weighted by atomic mass is 35.5. The number of aryl methyl sites for hydroxylation is 1. The van der Waals surface area contributed by atoms with Crippen molar-refractivity contribution < 1.29 is 23.8 Å². The third-order valence-corrected chi connectivity index (χ3v) is 7.44. The number of nitrogens with one attached hydrogen (secondary N) is 1. The van der Waals surface area contributed by atoms with Crippen LogP contribution in [-0.4, -0.2) is 59.5 Å². The van der Waals surface area contributed by atoms with Crippen LogP contribution in [0.2, 0.25) is 10.0 Å². The van der Waals surface area contributed by atoms with Gasteiger partial charge in [0.1, 0.15) is 11.9 Å². The first-order valence-corrected chi connectivity index (χ1v) is 13.4. The number of halogens is 3. The Bertz CT molecular complexity index is 1770. The maximum absolute atomic E-state index is 14.9. The van der Waals surface area contributed by atoms with Gasteiger partial charge in [-0.3, -0.25) is 14.2 Å². The van der Waals surface area contributed by atoms with Crippen LogP contribution in [0.15, 0.2) is 64.2 Å². The monoisotopic (exact) mass is 616 g/mol. The number of nitrogens with zero attached hydrogens (tertiary/aromatic N) is 3. The summed E-state index contributed by atoms with van der Waals surface area (Å²) in [6, 6.07) is 11.8. The number of carboxylic acid groups (broad SMARTS) is 1. The van der Waals surface area contributed by atoms with E-state index in [-0.39, 0.29) is 44.3 Å². The average Bonchev–Trinajstić information content (AvgIpc) is 2.95. The topological polar surface area (TPSA) is 123 Å². The zero-order valence-corrected chi connectivity index (χ0v) is 24.4. The van der Waals surface area contributed by atoms with Crippen molar-refractivity contribution in [3.63, 3.8) is 0 Å². The molecule has 0 radical (unpaired) electrons. The van der Waals surface area contributed by atoms with Gasteiger partial charge in [0.15, 0.2) is 0 Å². The fourth-order valence-electron chi connectivity index (χ4n) is 4.49. The Morgan fingerprint density at radius 2 is 1.74 bits per heavy atom. The molecule has 0 fully saturated rings. The van der Waals surface area contributed by atoms with Crippen LogP contribution >= 0.6 is 23.2 Å². The zero-order chi connectivity index (χ0) is 30.7. The van der Waals surface area contributed by atoms with Gasteiger partial charge in [0.05, 0.1) is 44.5 Å². The highest BCUT2D eigenvalue weighted by Gasteiger charge is 2.24. The summed E-state index contributed by atoms with van der Waals surface area (Å²) in [5, 5.41) is 12.4. The summed E-state index contributed by atoms with van der Waals surface area (Å²) < 4.78 is 22.1. The number of methoxy groups -OCH3 is 1. The molecule has 220 valence electrons. The summed E-state index contributed by atoms with van der Waals surface area (Å²) in [7, 11) is 4.63. The molecule has 0 spiro atoms. The van der Waals surface area contributed by atoms with Gasteiger partial charge in [0.25, 0.3) is 11.5 Å². The van der Waals surface area contributed by atoms with Crippen LogP contribution in [0.3, 0.4) is 0 Å². The smallest absolute Gasteiger partial charge is 0.335 e. The number of carboxylic acids is 1. The number of carbonyl (C=O) groups excluding carboxylic acids is 1. The minimum absolute atomic E-state index is 0.0399. The molecule has 3 aromatic carbocycles.